The Bertz CT molecular complexity index is 328. The fourth-order valence-corrected chi connectivity index (χ4v) is 3.41. The Morgan fingerprint density at radius 1 is 0.913 bits per heavy atom. The lowest BCUT2D eigenvalue weighted by atomic mass is 9.92. The summed E-state index contributed by atoms with van der Waals surface area (Å²) in [7, 11) is 0. The smallest absolute Gasteiger partial charge is 0.289 e. The summed E-state index contributed by atoms with van der Waals surface area (Å²) in [5.41, 5.74) is 0. The molecule has 1 aliphatic rings. The standard InChI is InChI=1S/C20H37NO2/c1-3-5-6-7-8-9-10-11-12-13-14-15-16-18(4-2)19-20(22)21-17-23-19/h17-19H,3-16H2,1-2H3. The van der Waals surface area contributed by atoms with Gasteiger partial charge in [0.15, 0.2) is 12.5 Å². The molecule has 0 radical (unpaired) electrons. The zero-order valence-electron chi connectivity index (χ0n) is 15.4. The third-order valence-corrected chi connectivity index (χ3v) is 5.01. The van der Waals surface area contributed by atoms with E-state index in [-0.39, 0.29) is 12.0 Å². The molecule has 0 N–H and O–H groups in total. The van der Waals surface area contributed by atoms with Crippen LogP contribution >= 0.6 is 0 Å². The summed E-state index contributed by atoms with van der Waals surface area (Å²) in [5, 5.41) is 0. The molecule has 0 fully saturated rings. The molecule has 2 unspecified atom stereocenters. The summed E-state index contributed by atoms with van der Waals surface area (Å²) < 4.78 is 5.33. The molecule has 1 heterocycles. The summed E-state index contributed by atoms with van der Waals surface area (Å²) in [5.74, 6) is 0.254. The van der Waals surface area contributed by atoms with Crippen LogP contribution in [0.2, 0.25) is 0 Å². The minimum atomic E-state index is -0.298. The highest BCUT2D eigenvalue weighted by atomic mass is 16.5. The van der Waals surface area contributed by atoms with E-state index < -0.39 is 0 Å². The van der Waals surface area contributed by atoms with E-state index >= 15 is 0 Å². The van der Waals surface area contributed by atoms with Gasteiger partial charge in [-0.25, -0.2) is 0 Å². The number of aliphatic imine (C=N–C) groups is 1. The van der Waals surface area contributed by atoms with Crippen molar-refractivity contribution in [3.63, 3.8) is 0 Å². The quantitative estimate of drug-likeness (QED) is 0.344. The molecule has 0 saturated carbocycles. The molecule has 0 spiro atoms. The van der Waals surface area contributed by atoms with Gasteiger partial charge in [-0.05, 0) is 12.8 Å². The van der Waals surface area contributed by atoms with E-state index in [1.807, 2.05) is 0 Å². The van der Waals surface area contributed by atoms with Crippen LogP contribution in [-0.4, -0.2) is 18.4 Å². The molecule has 23 heavy (non-hydrogen) atoms. The van der Waals surface area contributed by atoms with Gasteiger partial charge in [0.05, 0.1) is 0 Å². The lowest BCUT2D eigenvalue weighted by Gasteiger charge is -2.19. The third kappa shape index (κ3) is 9.12. The van der Waals surface area contributed by atoms with E-state index in [0.717, 1.165) is 12.8 Å². The summed E-state index contributed by atoms with van der Waals surface area (Å²) in [6.07, 6.45) is 19.6. The van der Waals surface area contributed by atoms with Gasteiger partial charge in [0.2, 0.25) is 0 Å². The van der Waals surface area contributed by atoms with Crippen LogP contribution in [0.25, 0.3) is 0 Å². The molecule has 0 bridgehead atoms. The number of carbonyl (C=O) groups excluding carboxylic acids is 1. The molecule has 3 heteroatoms. The largest absolute Gasteiger partial charge is 0.470 e. The first-order valence-electron chi connectivity index (χ1n) is 10.0. The first kappa shape index (κ1) is 20.2. The molecular formula is C20H37NO2. The second-order valence-corrected chi connectivity index (χ2v) is 6.98. The minimum Gasteiger partial charge on any atom is -0.470 e. The zero-order valence-corrected chi connectivity index (χ0v) is 15.4. The molecular weight excluding hydrogens is 286 g/mol. The van der Waals surface area contributed by atoms with Crippen LogP contribution in [0.5, 0.6) is 0 Å². The fraction of sp³-hybridized carbons (Fsp3) is 0.900. The molecule has 0 aromatic rings. The SMILES string of the molecule is CCCCCCCCCCCCCCC(CC)C1OC=NC1=O. The van der Waals surface area contributed by atoms with Crippen molar-refractivity contribution in [1.29, 1.82) is 0 Å². The monoisotopic (exact) mass is 323 g/mol. The second-order valence-electron chi connectivity index (χ2n) is 6.98. The summed E-state index contributed by atoms with van der Waals surface area (Å²) in [6, 6.07) is 0. The Morgan fingerprint density at radius 2 is 1.43 bits per heavy atom. The van der Waals surface area contributed by atoms with Gasteiger partial charge in [-0.1, -0.05) is 90.9 Å². The predicted octanol–water partition coefficient (Wildman–Crippen LogP) is 6.06. The van der Waals surface area contributed by atoms with Gasteiger partial charge in [-0.2, -0.15) is 4.99 Å². The van der Waals surface area contributed by atoms with Gasteiger partial charge >= 0.3 is 0 Å². The first-order valence-corrected chi connectivity index (χ1v) is 10.0. The number of hydrogen-bond acceptors (Lipinski definition) is 2. The maximum atomic E-state index is 11.6. The molecule has 134 valence electrons. The molecule has 1 amide bonds. The van der Waals surface area contributed by atoms with Gasteiger partial charge in [0, 0.05) is 5.92 Å². The number of amides is 1. The van der Waals surface area contributed by atoms with Crippen molar-refractivity contribution in [2.24, 2.45) is 10.9 Å². The van der Waals surface area contributed by atoms with E-state index in [9.17, 15) is 4.79 Å². The minimum absolute atomic E-state index is 0.0872. The van der Waals surface area contributed by atoms with Crippen molar-refractivity contribution in [2.45, 2.75) is 110 Å². The predicted molar refractivity (Wildman–Crippen MR) is 97.8 cm³/mol. The van der Waals surface area contributed by atoms with Gasteiger partial charge in [-0.3, -0.25) is 4.79 Å². The maximum Gasteiger partial charge on any atom is 0.289 e. The van der Waals surface area contributed by atoms with Crippen LogP contribution in [-0.2, 0) is 9.53 Å². The van der Waals surface area contributed by atoms with Crippen molar-refractivity contribution in [1.82, 2.24) is 0 Å². The van der Waals surface area contributed by atoms with Crippen molar-refractivity contribution in [2.75, 3.05) is 0 Å². The van der Waals surface area contributed by atoms with Gasteiger partial charge in [-0.15, -0.1) is 0 Å². The fourth-order valence-electron chi connectivity index (χ4n) is 3.41. The number of hydrogen-bond donors (Lipinski definition) is 0. The van der Waals surface area contributed by atoms with Gasteiger partial charge < -0.3 is 4.74 Å². The Balaban J connectivity index is 1.88. The number of unbranched alkanes of at least 4 members (excludes halogenated alkanes) is 11. The number of carbonyl (C=O) groups is 1. The van der Waals surface area contributed by atoms with Crippen LogP contribution in [0.3, 0.4) is 0 Å². The van der Waals surface area contributed by atoms with E-state index in [4.69, 9.17) is 4.74 Å². The molecule has 0 aliphatic carbocycles. The van der Waals surface area contributed by atoms with Crippen molar-refractivity contribution < 1.29 is 9.53 Å². The van der Waals surface area contributed by atoms with E-state index in [1.165, 1.54) is 83.5 Å². The van der Waals surface area contributed by atoms with Gasteiger partial charge in [0.25, 0.3) is 5.91 Å². The molecule has 2 atom stereocenters. The highest BCUT2D eigenvalue weighted by Crippen LogP contribution is 2.23. The van der Waals surface area contributed by atoms with Crippen LogP contribution in [0.15, 0.2) is 4.99 Å². The number of nitrogens with zero attached hydrogens (tertiary/aromatic N) is 1. The summed E-state index contributed by atoms with van der Waals surface area (Å²) in [6.45, 7) is 4.41. The van der Waals surface area contributed by atoms with Crippen molar-refractivity contribution in [3.8, 4) is 0 Å². The third-order valence-electron chi connectivity index (χ3n) is 5.01. The molecule has 3 nitrogen and oxygen atoms in total. The molecule has 0 saturated heterocycles. The molecule has 0 aromatic heterocycles. The summed E-state index contributed by atoms with van der Waals surface area (Å²) >= 11 is 0. The molecule has 1 aliphatic heterocycles. The highest BCUT2D eigenvalue weighted by Gasteiger charge is 2.30. The Morgan fingerprint density at radius 3 is 1.87 bits per heavy atom. The average molecular weight is 324 g/mol. The van der Waals surface area contributed by atoms with Crippen LogP contribution in [0.1, 0.15) is 104 Å². The normalized spacial score (nSPS) is 18.3. The summed E-state index contributed by atoms with van der Waals surface area (Å²) in [4.78, 5) is 15.3. The van der Waals surface area contributed by atoms with Crippen LogP contribution < -0.4 is 0 Å². The second kappa shape index (κ2) is 13.6. The Labute approximate surface area is 143 Å². The Kier molecular flexibility index (Phi) is 11.9. The van der Waals surface area contributed by atoms with E-state index in [0.29, 0.717) is 5.92 Å². The Hall–Kier alpha value is -0.860. The molecule has 0 aromatic carbocycles. The first-order chi connectivity index (χ1) is 11.3. The van der Waals surface area contributed by atoms with Crippen molar-refractivity contribution >= 4 is 12.3 Å². The number of rotatable bonds is 15. The molecule has 1 rings (SSSR count). The van der Waals surface area contributed by atoms with Gasteiger partial charge in [0.1, 0.15) is 0 Å². The van der Waals surface area contributed by atoms with Crippen LogP contribution in [0, 0.1) is 5.92 Å². The topological polar surface area (TPSA) is 38.7 Å². The zero-order chi connectivity index (χ0) is 16.8. The highest BCUT2D eigenvalue weighted by molar-refractivity contribution is 5.91. The van der Waals surface area contributed by atoms with Crippen molar-refractivity contribution in [3.05, 3.63) is 0 Å². The van der Waals surface area contributed by atoms with Crippen LogP contribution in [0.4, 0.5) is 0 Å². The average Bonchev–Trinajstić information content (AvgIpc) is 2.98. The maximum absolute atomic E-state index is 11.6. The number of ether oxygens (including phenoxy) is 1. The lowest BCUT2D eigenvalue weighted by Crippen LogP contribution is -2.26. The van der Waals surface area contributed by atoms with E-state index in [2.05, 4.69) is 18.8 Å². The van der Waals surface area contributed by atoms with E-state index in [1.54, 1.807) is 0 Å². The lowest BCUT2D eigenvalue weighted by molar-refractivity contribution is -0.124.